The van der Waals surface area contributed by atoms with Crippen molar-refractivity contribution in [3.05, 3.63) is 33.0 Å². The Balaban J connectivity index is 2.29. The second-order valence-electron chi connectivity index (χ2n) is 4.96. The van der Waals surface area contributed by atoms with Crippen molar-refractivity contribution in [1.82, 2.24) is 18.7 Å². The van der Waals surface area contributed by atoms with E-state index in [9.17, 15) is 9.59 Å². The number of aromatic nitrogens is 4. The second kappa shape index (κ2) is 4.36. The topological polar surface area (TPSA) is 65.1 Å². The standard InChI is InChI=1S/C13H17N5O2/c1-4-5-6-17-7-8-18-9-10(14-12(17)18)15(2)13(20)16(3)11(9)19/h4-5H,6-8H2,1-3H3. The van der Waals surface area contributed by atoms with Gasteiger partial charge in [-0.3, -0.25) is 13.9 Å². The van der Waals surface area contributed by atoms with Crippen LogP contribution in [-0.4, -0.2) is 31.8 Å². The lowest BCUT2D eigenvalue weighted by atomic mass is 10.4. The quantitative estimate of drug-likeness (QED) is 0.714. The van der Waals surface area contributed by atoms with E-state index in [2.05, 4.69) is 9.88 Å². The second-order valence-corrected chi connectivity index (χ2v) is 4.96. The highest BCUT2D eigenvalue weighted by molar-refractivity contribution is 5.75. The number of imidazole rings is 1. The van der Waals surface area contributed by atoms with E-state index in [0.717, 1.165) is 30.1 Å². The molecule has 3 rings (SSSR count). The van der Waals surface area contributed by atoms with Crippen LogP contribution >= 0.6 is 0 Å². The molecule has 0 saturated heterocycles. The van der Waals surface area contributed by atoms with Gasteiger partial charge < -0.3 is 9.47 Å². The zero-order valence-electron chi connectivity index (χ0n) is 11.8. The van der Waals surface area contributed by atoms with E-state index >= 15 is 0 Å². The normalized spacial score (nSPS) is 14.7. The number of nitrogens with zero attached hydrogens (tertiary/aromatic N) is 5. The van der Waals surface area contributed by atoms with Crippen LogP contribution in [0.25, 0.3) is 11.2 Å². The van der Waals surface area contributed by atoms with Gasteiger partial charge in [0.2, 0.25) is 5.95 Å². The summed E-state index contributed by atoms with van der Waals surface area (Å²) < 4.78 is 4.46. The lowest BCUT2D eigenvalue weighted by Crippen LogP contribution is -2.37. The van der Waals surface area contributed by atoms with E-state index in [0.29, 0.717) is 11.2 Å². The molecule has 0 aromatic carbocycles. The minimum absolute atomic E-state index is 0.283. The SMILES string of the molecule is CC=CCN1CCn2c1nc1c2c(=O)n(C)c(=O)n1C. The zero-order valence-corrected chi connectivity index (χ0v) is 11.8. The molecule has 0 aliphatic carbocycles. The number of fused-ring (bicyclic) bond motifs is 3. The number of aryl methyl sites for hydroxylation is 1. The van der Waals surface area contributed by atoms with Gasteiger partial charge in [-0.1, -0.05) is 12.2 Å². The summed E-state index contributed by atoms with van der Waals surface area (Å²) >= 11 is 0. The van der Waals surface area contributed by atoms with E-state index < -0.39 is 0 Å². The molecular weight excluding hydrogens is 258 g/mol. The summed E-state index contributed by atoms with van der Waals surface area (Å²) in [6, 6.07) is 0. The van der Waals surface area contributed by atoms with Crippen LogP contribution in [0.5, 0.6) is 0 Å². The van der Waals surface area contributed by atoms with Gasteiger partial charge in [0.1, 0.15) is 0 Å². The molecule has 0 radical (unpaired) electrons. The van der Waals surface area contributed by atoms with Gasteiger partial charge >= 0.3 is 5.69 Å². The average Bonchev–Trinajstić information content (AvgIpc) is 2.99. The first-order chi connectivity index (χ1) is 9.56. The van der Waals surface area contributed by atoms with Crippen molar-refractivity contribution in [2.45, 2.75) is 13.5 Å². The third-order valence-electron chi connectivity index (χ3n) is 3.77. The number of allylic oxidation sites excluding steroid dienone is 1. The molecule has 2 aromatic heterocycles. The lowest BCUT2D eigenvalue weighted by molar-refractivity contribution is 0.699. The first kappa shape index (κ1) is 12.7. The first-order valence-corrected chi connectivity index (χ1v) is 6.58. The van der Waals surface area contributed by atoms with Gasteiger partial charge in [0.05, 0.1) is 0 Å². The summed E-state index contributed by atoms with van der Waals surface area (Å²) in [5.41, 5.74) is 0.333. The van der Waals surface area contributed by atoms with Gasteiger partial charge in [-0.15, -0.1) is 0 Å². The number of hydrogen-bond donors (Lipinski definition) is 0. The molecule has 0 atom stereocenters. The molecule has 0 saturated carbocycles. The third kappa shape index (κ3) is 1.55. The molecule has 0 spiro atoms. The maximum absolute atomic E-state index is 12.3. The smallest absolute Gasteiger partial charge is 0.332 e. The fraction of sp³-hybridized carbons (Fsp3) is 0.462. The van der Waals surface area contributed by atoms with Crippen molar-refractivity contribution in [3.63, 3.8) is 0 Å². The first-order valence-electron chi connectivity index (χ1n) is 6.58. The largest absolute Gasteiger partial charge is 0.337 e. The van der Waals surface area contributed by atoms with Crippen molar-refractivity contribution in [2.24, 2.45) is 14.1 Å². The maximum Gasteiger partial charge on any atom is 0.332 e. The van der Waals surface area contributed by atoms with Crippen LogP contribution < -0.4 is 16.1 Å². The maximum atomic E-state index is 12.3. The van der Waals surface area contributed by atoms with Crippen molar-refractivity contribution in [3.8, 4) is 0 Å². The van der Waals surface area contributed by atoms with E-state index in [1.54, 1.807) is 7.05 Å². The zero-order chi connectivity index (χ0) is 14.4. The van der Waals surface area contributed by atoms with Crippen LogP contribution in [0, 0.1) is 0 Å². The summed E-state index contributed by atoms with van der Waals surface area (Å²) in [6.45, 7) is 4.28. The molecule has 1 aliphatic heterocycles. The van der Waals surface area contributed by atoms with Crippen LogP contribution in [0.4, 0.5) is 5.95 Å². The van der Waals surface area contributed by atoms with Gasteiger partial charge in [0.25, 0.3) is 5.56 Å². The number of rotatable bonds is 2. The summed E-state index contributed by atoms with van der Waals surface area (Å²) in [4.78, 5) is 30.8. The van der Waals surface area contributed by atoms with Crippen LogP contribution in [0.2, 0.25) is 0 Å². The summed E-state index contributed by atoms with van der Waals surface area (Å²) in [5.74, 6) is 0.761. The molecule has 20 heavy (non-hydrogen) atoms. The highest BCUT2D eigenvalue weighted by atomic mass is 16.2. The van der Waals surface area contributed by atoms with Crippen LogP contribution in [0.3, 0.4) is 0 Å². The Morgan fingerprint density at radius 1 is 1.20 bits per heavy atom. The minimum Gasteiger partial charge on any atom is -0.337 e. The molecule has 0 bridgehead atoms. The molecule has 0 unspecified atom stereocenters. The molecule has 0 fully saturated rings. The highest BCUT2D eigenvalue weighted by Crippen LogP contribution is 2.24. The van der Waals surface area contributed by atoms with Crippen LogP contribution in [-0.2, 0) is 20.6 Å². The van der Waals surface area contributed by atoms with E-state index in [1.165, 1.54) is 11.6 Å². The molecule has 7 nitrogen and oxygen atoms in total. The third-order valence-corrected chi connectivity index (χ3v) is 3.77. The Morgan fingerprint density at radius 3 is 2.65 bits per heavy atom. The van der Waals surface area contributed by atoms with Gasteiger partial charge in [-0.2, -0.15) is 4.98 Å². The average molecular weight is 275 g/mol. The fourth-order valence-electron chi connectivity index (χ4n) is 2.61. The van der Waals surface area contributed by atoms with Crippen molar-refractivity contribution in [1.29, 1.82) is 0 Å². The Morgan fingerprint density at radius 2 is 1.95 bits per heavy atom. The fourth-order valence-corrected chi connectivity index (χ4v) is 2.61. The Hall–Kier alpha value is -2.31. The molecule has 0 amide bonds. The van der Waals surface area contributed by atoms with Gasteiger partial charge in [-0.25, -0.2) is 4.79 Å². The lowest BCUT2D eigenvalue weighted by Gasteiger charge is -2.12. The van der Waals surface area contributed by atoms with E-state index in [-0.39, 0.29) is 11.2 Å². The molecule has 0 N–H and O–H groups in total. The predicted molar refractivity (Wildman–Crippen MR) is 77.2 cm³/mol. The molecule has 106 valence electrons. The van der Waals surface area contributed by atoms with Crippen LogP contribution in [0.1, 0.15) is 6.92 Å². The Labute approximate surface area is 115 Å². The van der Waals surface area contributed by atoms with Gasteiger partial charge in [0, 0.05) is 33.7 Å². The van der Waals surface area contributed by atoms with Crippen molar-refractivity contribution >= 4 is 17.1 Å². The van der Waals surface area contributed by atoms with E-state index in [4.69, 9.17) is 0 Å². The molecule has 2 aromatic rings. The van der Waals surface area contributed by atoms with Gasteiger partial charge in [0.15, 0.2) is 11.2 Å². The number of anilines is 1. The van der Waals surface area contributed by atoms with E-state index in [1.807, 2.05) is 23.6 Å². The minimum atomic E-state index is -0.348. The molecule has 1 aliphatic rings. The Bertz CT molecular complexity index is 824. The summed E-state index contributed by atoms with van der Waals surface area (Å²) in [6.07, 6.45) is 4.03. The Kier molecular flexibility index (Phi) is 2.77. The molecular formula is C13H17N5O2. The molecule has 7 heteroatoms. The summed E-state index contributed by atoms with van der Waals surface area (Å²) in [5, 5.41) is 0. The van der Waals surface area contributed by atoms with Gasteiger partial charge in [-0.05, 0) is 6.92 Å². The van der Waals surface area contributed by atoms with Crippen molar-refractivity contribution < 1.29 is 0 Å². The monoisotopic (exact) mass is 275 g/mol. The highest BCUT2D eigenvalue weighted by Gasteiger charge is 2.26. The number of hydrogen-bond acceptors (Lipinski definition) is 4. The van der Waals surface area contributed by atoms with Crippen LogP contribution in [0.15, 0.2) is 21.7 Å². The summed E-state index contributed by atoms with van der Waals surface area (Å²) in [7, 11) is 3.14. The predicted octanol–water partition coefficient (Wildman–Crippen LogP) is -0.170. The molecule has 3 heterocycles. The van der Waals surface area contributed by atoms with Crippen molar-refractivity contribution in [2.75, 3.05) is 18.0 Å².